The Morgan fingerprint density at radius 1 is 1.21 bits per heavy atom. The molecular formula is C20H24N4O4S. The molecule has 0 radical (unpaired) electrons. The van der Waals surface area contributed by atoms with Crippen LogP contribution in [0.5, 0.6) is 0 Å². The molecule has 2 aliphatic heterocycles. The van der Waals surface area contributed by atoms with Gasteiger partial charge >= 0.3 is 0 Å². The maximum atomic E-state index is 12.6. The minimum atomic E-state index is -3.07. The second-order valence-corrected chi connectivity index (χ2v) is 10.1. The lowest BCUT2D eigenvalue weighted by Gasteiger charge is -2.22. The van der Waals surface area contributed by atoms with Crippen LogP contribution in [0.25, 0.3) is 5.69 Å². The van der Waals surface area contributed by atoms with E-state index in [1.54, 1.807) is 11.2 Å². The molecule has 1 N–H and O–H groups in total. The summed E-state index contributed by atoms with van der Waals surface area (Å²) in [5, 5.41) is 2.87. The summed E-state index contributed by atoms with van der Waals surface area (Å²) in [5.41, 5.74) is 3.63. The van der Waals surface area contributed by atoms with Crippen LogP contribution >= 0.6 is 0 Å². The number of anilines is 1. The van der Waals surface area contributed by atoms with Gasteiger partial charge < -0.3 is 14.8 Å². The average molecular weight is 417 g/mol. The normalized spacial score (nSPS) is 23.5. The first kappa shape index (κ1) is 19.6. The fourth-order valence-corrected chi connectivity index (χ4v) is 5.72. The zero-order valence-electron chi connectivity index (χ0n) is 16.5. The van der Waals surface area contributed by atoms with Gasteiger partial charge in [-0.15, -0.1) is 0 Å². The molecule has 2 unspecified atom stereocenters. The zero-order chi connectivity index (χ0) is 20.8. The monoisotopic (exact) mass is 416 g/mol. The number of imidazole rings is 1. The molecular weight excluding hydrogens is 392 g/mol. The van der Waals surface area contributed by atoms with E-state index in [0.29, 0.717) is 12.1 Å². The number of likely N-dealkylation sites (tertiary alicyclic amines) is 1. The Balaban J connectivity index is 1.39. The van der Waals surface area contributed by atoms with Crippen molar-refractivity contribution in [3.05, 3.63) is 42.0 Å². The van der Waals surface area contributed by atoms with Crippen LogP contribution in [0, 0.1) is 19.8 Å². The van der Waals surface area contributed by atoms with Crippen LogP contribution in [0.3, 0.4) is 0 Å². The lowest BCUT2D eigenvalue weighted by atomic mass is 10.1. The van der Waals surface area contributed by atoms with Gasteiger partial charge in [-0.3, -0.25) is 9.59 Å². The molecule has 3 heterocycles. The van der Waals surface area contributed by atoms with Gasteiger partial charge in [0.15, 0.2) is 9.84 Å². The van der Waals surface area contributed by atoms with E-state index in [-0.39, 0.29) is 42.3 Å². The lowest BCUT2D eigenvalue weighted by molar-refractivity contribution is -0.129. The fraction of sp³-hybridized carbons (Fsp3) is 0.450. The highest BCUT2D eigenvalue weighted by Crippen LogP contribution is 2.27. The Bertz CT molecular complexity index is 1060. The highest BCUT2D eigenvalue weighted by atomic mass is 32.2. The van der Waals surface area contributed by atoms with E-state index in [4.69, 9.17) is 0 Å². The first-order valence-corrected chi connectivity index (χ1v) is 11.5. The molecule has 0 aliphatic carbocycles. The van der Waals surface area contributed by atoms with Crippen molar-refractivity contribution in [2.75, 3.05) is 23.4 Å². The topological polar surface area (TPSA) is 101 Å². The Hall–Kier alpha value is -2.68. The number of hydrogen-bond acceptors (Lipinski definition) is 5. The molecule has 1 aromatic heterocycles. The van der Waals surface area contributed by atoms with Gasteiger partial charge in [-0.05, 0) is 44.5 Å². The maximum absolute atomic E-state index is 12.6. The second-order valence-electron chi connectivity index (χ2n) is 7.83. The van der Waals surface area contributed by atoms with Crippen LogP contribution in [0.2, 0.25) is 0 Å². The molecule has 154 valence electrons. The van der Waals surface area contributed by atoms with Crippen molar-refractivity contribution in [2.24, 2.45) is 5.92 Å². The van der Waals surface area contributed by atoms with Crippen LogP contribution in [0.4, 0.5) is 5.69 Å². The van der Waals surface area contributed by atoms with Crippen LogP contribution in [0.1, 0.15) is 24.2 Å². The van der Waals surface area contributed by atoms with E-state index in [1.165, 1.54) is 0 Å². The number of aromatic nitrogens is 2. The molecule has 1 aromatic carbocycles. The maximum Gasteiger partial charge on any atom is 0.229 e. The molecule has 2 saturated heterocycles. The predicted molar refractivity (Wildman–Crippen MR) is 109 cm³/mol. The van der Waals surface area contributed by atoms with Gasteiger partial charge in [0.25, 0.3) is 0 Å². The smallest absolute Gasteiger partial charge is 0.229 e. The molecule has 2 aliphatic rings. The summed E-state index contributed by atoms with van der Waals surface area (Å²) in [7, 11) is -3.07. The van der Waals surface area contributed by atoms with E-state index in [1.807, 2.05) is 42.7 Å². The highest BCUT2D eigenvalue weighted by molar-refractivity contribution is 7.91. The molecule has 0 bridgehead atoms. The largest absolute Gasteiger partial charge is 0.338 e. The van der Waals surface area contributed by atoms with Crippen LogP contribution < -0.4 is 5.32 Å². The Kier molecular flexibility index (Phi) is 4.94. The number of aryl methyl sites for hydroxylation is 1. The van der Waals surface area contributed by atoms with Gasteiger partial charge in [-0.25, -0.2) is 13.4 Å². The van der Waals surface area contributed by atoms with Gasteiger partial charge in [-0.1, -0.05) is 0 Å². The molecule has 2 fully saturated rings. The Labute approximate surface area is 169 Å². The summed E-state index contributed by atoms with van der Waals surface area (Å²) in [5.74, 6) is -0.718. The zero-order valence-corrected chi connectivity index (χ0v) is 17.3. The third kappa shape index (κ3) is 3.91. The number of nitrogens with one attached hydrogen (secondary N) is 1. The van der Waals surface area contributed by atoms with Crippen LogP contribution in [-0.2, 0) is 19.4 Å². The molecule has 2 atom stereocenters. The first-order chi connectivity index (χ1) is 13.7. The van der Waals surface area contributed by atoms with Gasteiger partial charge in [0.05, 0.1) is 29.4 Å². The van der Waals surface area contributed by atoms with Crippen molar-refractivity contribution in [3.8, 4) is 5.69 Å². The number of benzene rings is 1. The quantitative estimate of drug-likeness (QED) is 0.813. The Morgan fingerprint density at radius 2 is 1.93 bits per heavy atom. The standard InChI is InChI=1S/C20H24N4O4S/c1-13-14(2)24(12-21-13)17-5-3-16(4-6-17)22-20(26)15-9-19(25)23(10-15)18-7-8-29(27,28)11-18/h3-6,12,15,18H,7-11H2,1-2H3,(H,22,26). The SMILES string of the molecule is Cc1ncn(-c2ccc(NC(=O)C3CC(=O)N(C4CCS(=O)(=O)C4)C3)cc2)c1C. The van der Waals surface area contributed by atoms with Crippen molar-refractivity contribution in [1.29, 1.82) is 0 Å². The van der Waals surface area contributed by atoms with E-state index in [9.17, 15) is 18.0 Å². The van der Waals surface area contributed by atoms with Crippen LogP contribution in [0.15, 0.2) is 30.6 Å². The predicted octanol–water partition coefficient (Wildman–Crippen LogP) is 1.46. The number of amides is 2. The summed E-state index contributed by atoms with van der Waals surface area (Å²) < 4.78 is 25.4. The first-order valence-electron chi connectivity index (χ1n) is 9.65. The van der Waals surface area contributed by atoms with Gasteiger partial charge in [0, 0.05) is 36.1 Å². The highest BCUT2D eigenvalue weighted by Gasteiger charge is 2.41. The summed E-state index contributed by atoms with van der Waals surface area (Å²) in [6.45, 7) is 4.22. The van der Waals surface area contributed by atoms with Crippen molar-refractivity contribution < 1.29 is 18.0 Å². The Morgan fingerprint density at radius 3 is 2.52 bits per heavy atom. The van der Waals surface area contributed by atoms with Crippen molar-refractivity contribution in [1.82, 2.24) is 14.5 Å². The number of hydrogen-bond donors (Lipinski definition) is 1. The number of carbonyl (C=O) groups is 2. The fourth-order valence-electron chi connectivity index (χ4n) is 3.99. The molecule has 4 rings (SSSR count). The number of rotatable bonds is 4. The van der Waals surface area contributed by atoms with Gasteiger partial charge in [0.2, 0.25) is 11.8 Å². The van der Waals surface area contributed by atoms with Gasteiger partial charge in [0.1, 0.15) is 0 Å². The van der Waals surface area contributed by atoms with Gasteiger partial charge in [-0.2, -0.15) is 0 Å². The van der Waals surface area contributed by atoms with E-state index in [2.05, 4.69) is 10.3 Å². The minimum Gasteiger partial charge on any atom is -0.338 e. The molecule has 0 spiro atoms. The molecule has 0 saturated carbocycles. The number of sulfone groups is 1. The third-order valence-electron chi connectivity index (χ3n) is 5.84. The molecule has 8 nitrogen and oxygen atoms in total. The van der Waals surface area contributed by atoms with E-state index < -0.39 is 15.8 Å². The number of carbonyl (C=O) groups excluding carboxylic acids is 2. The summed E-state index contributed by atoms with van der Waals surface area (Å²) in [6.07, 6.45) is 2.34. The molecule has 9 heteroatoms. The summed E-state index contributed by atoms with van der Waals surface area (Å²) in [6, 6.07) is 7.14. The summed E-state index contributed by atoms with van der Waals surface area (Å²) >= 11 is 0. The van der Waals surface area contributed by atoms with Crippen LogP contribution in [-0.4, -0.2) is 58.8 Å². The third-order valence-corrected chi connectivity index (χ3v) is 7.59. The van der Waals surface area contributed by atoms with Crippen molar-refractivity contribution in [3.63, 3.8) is 0 Å². The van der Waals surface area contributed by atoms with Crippen molar-refractivity contribution >= 4 is 27.3 Å². The second kappa shape index (κ2) is 7.29. The molecule has 29 heavy (non-hydrogen) atoms. The molecule has 2 aromatic rings. The lowest BCUT2D eigenvalue weighted by Crippen LogP contribution is -2.38. The average Bonchev–Trinajstić information content (AvgIpc) is 3.34. The van der Waals surface area contributed by atoms with E-state index >= 15 is 0 Å². The molecule has 2 amide bonds. The minimum absolute atomic E-state index is 0.00167. The van der Waals surface area contributed by atoms with Crippen molar-refractivity contribution in [2.45, 2.75) is 32.7 Å². The summed E-state index contributed by atoms with van der Waals surface area (Å²) in [4.78, 5) is 30.8. The number of nitrogens with zero attached hydrogens (tertiary/aromatic N) is 3. The van der Waals surface area contributed by atoms with E-state index in [0.717, 1.165) is 17.1 Å².